The minimum Gasteiger partial charge on any atom is -0.374 e. The summed E-state index contributed by atoms with van der Waals surface area (Å²) in [6, 6.07) is 0. The summed E-state index contributed by atoms with van der Waals surface area (Å²) in [6.07, 6.45) is 1.86. The molecule has 0 spiro atoms. The largest absolute Gasteiger partial charge is 0.374 e. The molecule has 0 unspecified atom stereocenters. The van der Waals surface area contributed by atoms with Crippen molar-refractivity contribution in [3.8, 4) is 0 Å². The normalized spacial score (nSPS) is 17.1. The molecule has 2 rings (SSSR count). The van der Waals surface area contributed by atoms with Crippen LogP contribution in [0.3, 0.4) is 0 Å². The van der Waals surface area contributed by atoms with Gasteiger partial charge in [-0.1, -0.05) is 18.3 Å². The maximum Gasteiger partial charge on any atom is 0.229 e. The number of carbonyl (C=O) groups excluding carboxylic acids is 2. The van der Waals surface area contributed by atoms with Gasteiger partial charge in [0, 0.05) is 30.9 Å². The number of rotatable bonds is 5. The van der Waals surface area contributed by atoms with Crippen LogP contribution in [0.5, 0.6) is 0 Å². The third kappa shape index (κ3) is 3.28. The van der Waals surface area contributed by atoms with E-state index >= 15 is 0 Å². The maximum atomic E-state index is 11.9. The van der Waals surface area contributed by atoms with Crippen LogP contribution in [-0.4, -0.2) is 32.8 Å². The lowest BCUT2D eigenvalue weighted by Gasteiger charge is -2.27. The predicted octanol–water partition coefficient (Wildman–Crippen LogP) is 1.65. The number of anilines is 1. The third-order valence-corrected chi connectivity index (χ3v) is 3.77. The summed E-state index contributed by atoms with van der Waals surface area (Å²) in [4.78, 5) is 25.1. The molecule has 1 aliphatic rings. The molecule has 0 radical (unpaired) electrons. The molecule has 7 heteroatoms. The second-order valence-corrected chi connectivity index (χ2v) is 5.62. The number of likely N-dealkylation sites (tertiary alicyclic amines) is 1. The average Bonchev–Trinajstić information content (AvgIpc) is 2.78. The van der Waals surface area contributed by atoms with Gasteiger partial charge in [0.25, 0.3) is 0 Å². The van der Waals surface area contributed by atoms with Crippen LogP contribution >= 0.6 is 11.5 Å². The Bertz CT molecular complexity index is 456. The lowest BCUT2D eigenvalue weighted by atomic mass is 9.98. The number of imide groups is 1. The Hall–Kier alpha value is -1.50. The van der Waals surface area contributed by atoms with E-state index in [9.17, 15) is 9.59 Å². The van der Waals surface area contributed by atoms with E-state index in [1.807, 2.05) is 6.92 Å². The van der Waals surface area contributed by atoms with Crippen molar-refractivity contribution in [3.63, 3.8) is 0 Å². The number of carbonyl (C=O) groups is 2. The highest BCUT2D eigenvalue weighted by Gasteiger charge is 2.31. The van der Waals surface area contributed by atoms with Crippen molar-refractivity contribution in [2.45, 2.75) is 39.7 Å². The average molecular weight is 282 g/mol. The van der Waals surface area contributed by atoms with Crippen LogP contribution in [-0.2, 0) is 16.1 Å². The Morgan fingerprint density at radius 1 is 1.37 bits per heavy atom. The molecule has 1 fully saturated rings. The van der Waals surface area contributed by atoms with E-state index in [0.29, 0.717) is 18.5 Å². The van der Waals surface area contributed by atoms with Crippen LogP contribution in [0.1, 0.15) is 38.8 Å². The summed E-state index contributed by atoms with van der Waals surface area (Å²) in [5.74, 6) is -0.0844. The van der Waals surface area contributed by atoms with E-state index in [2.05, 4.69) is 21.8 Å². The molecule has 1 aromatic heterocycles. The standard InChI is InChI=1S/C12H18N4O2S/c1-3-4-13-12-9(14-15-19-12)7-16-10(17)5-8(2)6-11(16)18/h8,13H,3-7H2,1-2H3. The molecule has 2 heterocycles. The molecule has 6 nitrogen and oxygen atoms in total. The number of aromatic nitrogens is 2. The van der Waals surface area contributed by atoms with E-state index in [0.717, 1.165) is 18.0 Å². The fourth-order valence-corrected chi connectivity index (χ4v) is 2.64. The highest BCUT2D eigenvalue weighted by Crippen LogP contribution is 2.24. The van der Waals surface area contributed by atoms with Gasteiger partial charge < -0.3 is 5.32 Å². The van der Waals surface area contributed by atoms with Gasteiger partial charge in [0.05, 0.1) is 6.54 Å². The monoisotopic (exact) mass is 282 g/mol. The number of nitrogens with zero attached hydrogens (tertiary/aromatic N) is 3. The summed E-state index contributed by atoms with van der Waals surface area (Å²) in [6.45, 7) is 5.05. The van der Waals surface area contributed by atoms with Gasteiger partial charge in [-0.05, 0) is 12.3 Å². The molecule has 0 aromatic carbocycles. The van der Waals surface area contributed by atoms with Crippen LogP contribution in [0.4, 0.5) is 5.00 Å². The first-order valence-electron chi connectivity index (χ1n) is 6.50. The molecule has 0 bridgehead atoms. The van der Waals surface area contributed by atoms with Gasteiger partial charge in [-0.25, -0.2) is 0 Å². The van der Waals surface area contributed by atoms with Crippen molar-refractivity contribution in [1.29, 1.82) is 0 Å². The summed E-state index contributed by atoms with van der Waals surface area (Å²) < 4.78 is 3.89. The van der Waals surface area contributed by atoms with Crippen molar-refractivity contribution < 1.29 is 9.59 Å². The number of hydrogen-bond acceptors (Lipinski definition) is 6. The molecule has 104 valence electrons. The van der Waals surface area contributed by atoms with E-state index in [1.165, 1.54) is 16.4 Å². The fraction of sp³-hybridized carbons (Fsp3) is 0.667. The molecular formula is C12H18N4O2S. The van der Waals surface area contributed by atoms with E-state index in [-0.39, 0.29) is 24.3 Å². The molecule has 1 aromatic rings. The Labute approximate surface area is 116 Å². The summed E-state index contributed by atoms with van der Waals surface area (Å²) in [7, 11) is 0. The van der Waals surface area contributed by atoms with Crippen molar-refractivity contribution in [1.82, 2.24) is 14.5 Å². The van der Waals surface area contributed by atoms with Crippen molar-refractivity contribution in [3.05, 3.63) is 5.69 Å². The summed E-state index contributed by atoms with van der Waals surface area (Å²) >= 11 is 1.26. The number of nitrogens with one attached hydrogen (secondary N) is 1. The molecule has 1 saturated heterocycles. The zero-order chi connectivity index (χ0) is 13.8. The number of amides is 2. The van der Waals surface area contributed by atoms with Gasteiger partial charge in [-0.2, -0.15) is 0 Å². The van der Waals surface area contributed by atoms with Crippen LogP contribution in [0, 0.1) is 5.92 Å². The van der Waals surface area contributed by atoms with Gasteiger partial charge in [-0.3, -0.25) is 14.5 Å². The van der Waals surface area contributed by atoms with Crippen LogP contribution < -0.4 is 5.32 Å². The second-order valence-electron chi connectivity index (χ2n) is 4.86. The maximum absolute atomic E-state index is 11.9. The summed E-state index contributed by atoms with van der Waals surface area (Å²) in [5.41, 5.74) is 0.676. The van der Waals surface area contributed by atoms with Crippen molar-refractivity contribution in [2.75, 3.05) is 11.9 Å². The Morgan fingerprint density at radius 3 is 2.68 bits per heavy atom. The molecule has 1 aliphatic heterocycles. The van der Waals surface area contributed by atoms with Gasteiger partial charge >= 0.3 is 0 Å². The zero-order valence-corrected chi connectivity index (χ0v) is 12.0. The first-order valence-corrected chi connectivity index (χ1v) is 7.27. The topological polar surface area (TPSA) is 75.2 Å². The quantitative estimate of drug-likeness (QED) is 0.831. The Balaban J connectivity index is 2.06. The van der Waals surface area contributed by atoms with Gasteiger partial charge in [0.1, 0.15) is 10.7 Å². The molecular weight excluding hydrogens is 264 g/mol. The third-order valence-electron chi connectivity index (χ3n) is 3.05. The van der Waals surface area contributed by atoms with Gasteiger partial charge in [-0.15, -0.1) is 5.10 Å². The van der Waals surface area contributed by atoms with Crippen molar-refractivity contribution in [2.24, 2.45) is 5.92 Å². The zero-order valence-electron chi connectivity index (χ0n) is 11.2. The van der Waals surface area contributed by atoms with E-state index in [1.54, 1.807) is 0 Å². The highest BCUT2D eigenvalue weighted by molar-refractivity contribution is 7.10. The molecule has 1 N–H and O–H groups in total. The highest BCUT2D eigenvalue weighted by atomic mass is 32.1. The van der Waals surface area contributed by atoms with Gasteiger partial charge in [0.15, 0.2) is 0 Å². The minimum atomic E-state index is -0.113. The minimum absolute atomic E-state index is 0.113. The molecule has 2 amide bonds. The van der Waals surface area contributed by atoms with Crippen LogP contribution in [0.15, 0.2) is 0 Å². The lowest BCUT2D eigenvalue weighted by Crippen LogP contribution is -2.42. The van der Waals surface area contributed by atoms with Crippen LogP contribution in [0.25, 0.3) is 0 Å². The smallest absolute Gasteiger partial charge is 0.229 e. The number of piperidine rings is 1. The Morgan fingerprint density at radius 2 is 2.05 bits per heavy atom. The SMILES string of the molecule is CCCNc1snnc1CN1C(=O)CC(C)CC1=O. The predicted molar refractivity (Wildman–Crippen MR) is 72.6 cm³/mol. The fourth-order valence-electron chi connectivity index (χ4n) is 2.04. The lowest BCUT2D eigenvalue weighted by molar-refractivity contribution is -0.150. The van der Waals surface area contributed by atoms with E-state index < -0.39 is 0 Å². The summed E-state index contributed by atoms with van der Waals surface area (Å²) in [5, 5.41) is 8.07. The Kier molecular flexibility index (Phi) is 4.47. The first kappa shape index (κ1) is 13.9. The molecule has 0 aliphatic carbocycles. The molecule has 19 heavy (non-hydrogen) atoms. The van der Waals surface area contributed by atoms with Crippen molar-refractivity contribution >= 4 is 28.3 Å². The molecule has 0 saturated carbocycles. The van der Waals surface area contributed by atoms with Crippen LogP contribution in [0.2, 0.25) is 0 Å². The first-order chi connectivity index (χ1) is 9.11. The van der Waals surface area contributed by atoms with Gasteiger partial charge in [0.2, 0.25) is 11.8 Å². The number of hydrogen-bond donors (Lipinski definition) is 1. The second kappa shape index (κ2) is 6.10. The van der Waals surface area contributed by atoms with E-state index in [4.69, 9.17) is 0 Å². The molecule has 0 atom stereocenters.